The van der Waals surface area contributed by atoms with Crippen LogP contribution < -0.4 is 25.8 Å². The number of carbonyl (C=O) groups is 1. The second kappa shape index (κ2) is 9.36. The SMILES string of the molecule is CNC(=O)C1(COc2cc3c(NC(C)c4cc(N)cc(C(F)(F)F)c4)nc(C)nc3cc2OC)CC1. The molecule has 0 aliphatic heterocycles. The Hall–Kier alpha value is -3.76. The molecule has 0 saturated heterocycles. The van der Waals surface area contributed by atoms with Gasteiger partial charge in [0, 0.05) is 24.2 Å². The minimum Gasteiger partial charge on any atom is -0.493 e. The lowest BCUT2D eigenvalue weighted by atomic mass is 10.0. The average molecular weight is 504 g/mol. The molecule has 8 nitrogen and oxygen atoms in total. The van der Waals surface area contributed by atoms with Gasteiger partial charge in [0.05, 0.1) is 29.6 Å². The molecule has 1 unspecified atom stereocenters. The van der Waals surface area contributed by atoms with Gasteiger partial charge in [-0.1, -0.05) is 0 Å². The molecule has 192 valence electrons. The van der Waals surface area contributed by atoms with E-state index < -0.39 is 23.2 Å². The Balaban J connectivity index is 1.68. The normalized spacial score (nSPS) is 15.3. The van der Waals surface area contributed by atoms with Gasteiger partial charge in [-0.25, -0.2) is 9.97 Å². The van der Waals surface area contributed by atoms with E-state index in [4.69, 9.17) is 15.2 Å². The number of aromatic nitrogens is 2. The molecule has 0 spiro atoms. The Labute approximate surface area is 206 Å². The Bertz CT molecular complexity index is 1310. The first-order chi connectivity index (χ1) is 17.0. The highest BCUT2D eigenvalue weighted by Crippen LogP contribution is 2.47. The summed E-state index contributed by atoms with van der Waals surface area (Å²) in [5, 5.41) is 6.45. The lowest BCUT2D eigenvalue weighted by Gasteiger charge is -2.20. The number of nitrogens with two attached hydrogens (primary N) is 1. The highest BCUT2D eigenvalue weighted by Gasteiger charge is 2.50. The molecule has 0 bridgehead atoms. The molecule has 4 rings (SSSR count). The Morgan fingerprint density at radius 3 is 2.50 bits per heavy atom. The van der Waals surface area contributed by atoms with Crippen molar-refractivity contribution in [3.63, 3.8) is 0 Å². The maximum atomic E-state index is 13.3. The molecule has 1 fully saturated rings. The average Bonchev–Trinajstić information content (AvgIpc) is 3.62. The molecule has 1 aromatic heterocycles. The Morgan fingerprint density at radius 2 is 1.89 bits per heavy atom. The highest BCUT2D eigenvalue weighted by molar-refractivity contribution is 5.92. The van der Waals surface area contributed by atoms with E-state index in [2.05, 4.69) is 20.6 Å². The van der Waals surface area contributed by atoms with Crippen molar-refractivity contribution < 1.29 is 27.4 Å². The largest absolute Gasteiger partial charge is 0.493 e. The van der Waals surface area contributed by atoms with E-state index in [9.17, 15) is 18.0 Å². The van der Waals surface area contributed by atoms with Gasteiger partial charge >= 0.3 is 6.18 Å². The summed E-state index contributed by atoms with van der Waals surface area (Å²) in [4.78, 5) is 21.2. The van der Waals surface area contributed by atoms with Crippen molar-refractivity contribution in [2.45, 2.75) is 38.9 Å². The van der Waals surface area contributed by atoms with Crippen molar-refractivity contribution >= 4 is 28.3 Å². The van der Waals surface area contributed by atoms with Crippen LogP contribution in [-0.4, -0.2) is 36.6 Å². The van der Waals surface area contributed by atoms with E-state index in [0.29, 0.717) is 39.6 Å². The number of anilines is 2. The van der Waals surface area contributed by atoms with Gasteiger partial charge in [0.25, 0.3) is 0 Å². The molecule has 1 heterocycles. The minimum atomic E-state index is -4.52. The molecule has 0 radical (unpaired) electrons. The number of alkyl halides is 3. The number of rotatable bonds is 8. The van der Waals surface area contributed by atoms with Gasteiger partial charge in [-0.05, 0) is 56.5 Å². The summed E-state index contributed by atoms with van der Waals surface area (Å²) >= 11 is 0. The first kappa shape index (κ1) is 25.3. The summed E-state index contributed by atoms with van der Waals surface area (Å²) in [6.45, 7) is 3.62. The number of nitrogens with zero attached hydrogens (tertiary/aromatic N) is 2. The number of benzene rings is 2. The van der Waals surface area contributed by atoms with Crippen LogP contribution in [0, 0.1) is 12.3 Å². The maximum Gasteiger partial charge on any atom is 0.416 e. The van der Waals surface area contributed by atoms with Crippen molar-refractivity contribution in [2.24, 2.45) is 5.41 Å². The number of halogens is 3. The standard InChI is InChI=1S/C25H28F3N5O3/c1-13(15-7-16(25(26,27)28)9-17(29)8-15)31-22-18-10-21(36-12-24(5-6-24)23(34)30-3)20(35-4)11-19(18)32-14(2)33-22/h7-11,13H,5-6,12,29H2,1-4H3,(H,30,34)(H,31,32,33). The number of nitrogens with one attached hydrogen (secondary N) is 2. The topological polar surface area (TPSA) is 111 Å². The molecule has 1 aliphatic carbocycles. The minimum absolute atomic E-state index is 0.0164. The van der Waals surface area contributed by atoms with Gasteiger partial charge in [-0.2, -0.15) is 13.2 Å². The summed E-state index contributed by atoms with van der Waals surface area (Å²) in [6.07, 6.45) is -3.05. The summed E-state index contributed by atoms with van der Waals surface area (Å²) in [5.41, 5.74) is 5.31. The fraction of sp³-hybridized carbons (Fsp3) is 0.400. The lowest BCUT2D eigenvalue weighted by molar-refractivity contribution is -0.137. The molecule has 1 amide bonds. The van der Waals surface area contributed by atoms with E-state index in [0.717, 1.165) is 25.0 Å². The highest BCUT2D eigenvalue weighted by atomic mass is 19.4. The zero-order valence-corrected chi connectivity index (χ0v) is 20.4. The van der Waals surface area contributed by atoms with Crippen molar-refractivity contribution in [3.05, 3.63) is 47.3 Å². The van der Waals surface area contributed by atoms with Crippen molar-refractivity contribution in [1.29, 1.82) is 0 Å². The van der Waals surface area contributed by atoms with Crippen LogP contribution in [0.5, 0.6) is 11.5 Å². The van der Waals surface area contributed by atoms with E-state index in [1.165, 1.54) is 13.2 Å². The second-order valence-corrected chi connectivity index (χ2v) is 9.04. The number of ether oxygens (including phenoxy) is 2. The van der Waals surface area contributed by atoms with Crippen LogP contribution in [0.4, 0.5) is 24.7 Å². The summed E-state index contributed by atoms with van der Waals surface area (Å²) in [5.74, 6) is 1.66. The maximum absolute atomic E-state index is 13.3. The summed E-state index contributed by atoms with van der Waals surface area (Å²) in [6, 6.07) is 6.33. The molecular weight excluding hydrogens is 475 g/mol. The van der Waals surface area contributed by atoms with Crippen LogP contribution in [0.15, 0.2) is 30.3 Å². The zero-order chi connectivity index (χ0) is 26.3. The monoisotopic (exact) mass is 503 g/mol. The van der Waals surface area contributed by atoms with Gasteiger partial charge in [0.15, 0.2) is 11.5 Å². The van der Waals surface area contributed by atoms with Crippen LogP contribution in [0.25, 0.3) is 10.9 Å². The quantitative estimate of drug-likeness (QED) is 0.385. The molecule has 2 aromatic carbocycles. The number of aryl methyl sites for hydroxylation is 1. The Morgan fingerprint density at radius 1 is 1.17 bits per heavy atom. The van der Waals surface area contributed by atoms with Crippen LogP contribution >= 0.6 is 0 Å². The number of fused-ring (bicyclic) bond motifs is 1. The van der Waals surface area contributed by atoms with Crippen LogP contribution in [0.1, 0.15) is 42.8 Å². The fourth-order valence-electron chi connectivity index (χ4n) is 4.08. The molecule has 1 aliphatic rings. The van der Waals surface area contributed by atoms with Crippen LogP contribution in [0.3, 0.4) is 0 Å². The summed E-state index contributed by atoms with van der Waals surface area (Å²) < 4.78 is 51.4. The van der Waals surface area contributed by atoms with Gasteiger partial charge in [0.1, 0.15) is 18.2 Å². The van der Waals surface area contributed by atoms with Gasteiger partial charge in [-0.3, -0.25) is 4.79 Å². The number of hydrogen-bond donors (Lipinski definition) is 3. The smallest absolute Gasteiger partial charge is 0.416 e. The molecule has 1 saturated carbocycles. The van der Waals surface area contributed by atoms with E-state index >= 15 is 0 Å². The molecule has 1 atom stereocenters. The number of hydrogen-bond acceptors (Lipinski definition) is 7. The molecule has 4 N–H and O–H groups in total. The van der Waals surface area contributed by atoms with Crippen molar-refractivity contribution in [3.8, 4) is 11.5 Å². The van der Waals surface area contributed by atoms with E-state index in [1.54, 1.807) is 33.0 Å². The fourth-order valence-corrected chi connectivity index (χ4v) is 4.08. The number of amides is 1. The predicted molar refractivity (Wildman–Crippen MR) is 130 cm³/mol. The van der Waals surface area contributed by atoms with Gasteiger partial charge in [0.2, 0.25) is 5.91 Å². The Kier molecular flexibility index (Phi) is 6.59. The third kappa shape index (κ3) is 5.09. The second-order valence-electron chi connectivity index (χ2n) is 9.04. The van der Waals surface area contributed by atoms with Gasteiger partial charge < -0.3 is 25.8 Å². The predicted octanol–water partition coefficient (Wildman–Crippen LogP) is 4.63. The van der Waals surface area contributed by atoms with Crippen LogP contribution in [0.2, 0.25) is 0 Å². The lowest BCUT2D eigenvalue weighted by Crippen LogP contribution is -2.33. The summed E-state index contributed by atoms with van der Waals surface area (Å²) in [7, 11) is 3.10. The number of carbonyl (C=O) groups excluding carboxylic acids is 1. The van der Waals surface area contributed by atoms with Crippen LogP contribution in [-0.2, 0) is 11.0 Å². The molecule has 11 heteroatoms. The van der Waals surface area contributed by atoms with Crippen molar-refractivity contribution in [2.75, 3.05) is 31.8 Å². The van der Waals surface area contributed by atoms with Gasteiger partial charge in [-0.15, -0.1) is 0 Å². The van der Waals surface area contributed by atoms with Crippen molar-refractivity contribution in [1.82, 2.24) is 15.3 Å². The van der Waals surface area contributed by atoms with E-state index in [-0.39, 0.29) is 18.2 Å². The third-order valence-corrected chi connectivity index (χ3v) is 6.32. The zero-order valence-electron chi connectivity index (χ0n) is 20.4. The first-order valence-corrected chi connectivity index (χ1v) is 11.4. The van der Waals surface area contributed by atoms with E-state index in [1.807, 2.05) is 0 Å². The molecular formula is C25H28F3N5O3. The molecule has 3 aromatic rings. The number of nitrogen functional groups attached to an aromatic ring is 1. The number of methoxy groups -OCH3 is 1. The third-order valence-electron chi connectivity index (χ3n) is 6.32. The first-order valence-electron chi connectivity index (χ1n) is 11.4. The molecule has 36 heavy (non-hydrogen) atoms.